The molecule has 0 aliphatic rings. The lowest BCUT2D eigenvalue weighted by molar-refractivity contribution is -0.137. The van der Waals surface area contributed by atoms with Crippen LogP contribution in [0.15, 0.2) is 4.79 Å². The van der Waals surface area contributed by atoms with Gasteiger partial charge in [0.2, 0.25) is 0 Å². The van der Waals surface area contributed by atoms with Crippen LogP contribution in [0, 0.1) is 13.8 Å². The molecule has 3 N–H and O–H groups in total. The van der Waals surface area contributed by atoms with Crippen molar-refractivity contribution in [2.75, 3.05) is 0 Å². The van der Waals surface area contributed by atoms with Gasteiger partial charge < -0.3 is 10.8 Å². The number of hydrogen-bond acceptors (Lipinski definition) is 5. The zero-order valence-corrected chi connectivity index (χ0v) is 11.1. The predicted octanol–water partition coefficient (Wildman–Crippen LogP) is 0.258. The van der Waals surface area contributed by atoms with Gasteiger partial charge in [-0.3, -0.25) is 19.0 Å². The summed E-state index contributed by atoms with van der Waals surface area (Å²) < 4.78 is 1.06. The normalized spacial score (nSPS) is 10.8. The standard InChI is InChI=1S/C11H11N3O4S/c1-4-7-10(19-8(4)9(12)17)13-5(2)14(11(7)18)3-6(15)16/h3H2,1-2H3,(H2,12,17)(H,15,16). The first-order chi connectivity index (χ1) is 8.82. The molecule has 0 saturated carbocycles. The van der Waals surface area contributed by atoms with Crippen molar-refractivity contribution >= 4 is 33.4 Å². The van der Waals surface area contributed by atoms with E-state index in [4.69, 9.17) is 10.8 Å². The molecule has 19 heavy (non-hydrogen) atoms. The van der Waals surface area contributed by atoms with E-state index in [1.807, 2.05) is 0 Å². The Balaban J connectivity index is 2.83. The summed E-state index contributed by atoms with van der Waals surface area (Å²) in [6.07, 6.45) is 0. The van der Waals surface area contributed by atoms with E-state index in [0.717, 1.165) is 15.9 Å². The molecule has 0 spiro atoms. The van der Waals surface area contributed by atoms with Crippen molar-refractivity contribution < 1.29 is 14.7 Å². The summed E-state index contributed by atoms with van der Waals surface area (Å²) in [5.74, 6) is -1.46. The van der Waals surface area contributed by atoms with Gasteiger partial charge in [-0.25, -0.2) is 4.98 Å². The van der Waals surface area contributed by atoms with Gasteiger partial charge in [0.05, 0.1) is 10.3 Å². The number of carbonyl (C=O) groups is 2. The monoisotopic (exact) mass is 281 g/mol. The maximum atomic E-state index is 12.3. The number of thiophene rings is 1. The minimum absolute atomic E-state index is 0.255. The average Bonchev–Trinajstić information content (AvgIpc) is 2.61. The van der Waals surface area contributed by atoms with E-state index in [2.05, 4.69) is 4.98 Å². The van der Waals surface area contributed by atoms with Crippen molar-refractivity contribution in [2.45, 2.75) is 20.4 Å². The molecule has 0 aliphatic heterocycles. The number of aliphatic carboxylic acids is 1. The smallest absolute Gasteiger partial charge is 0.323 e. The predicted molar refractivity (Wildman–Crippen MR) is 69.5 cm³/mol. The summed E-state index contributed by atoms with van der Waals surface area (Å²) in [5, 5.41) is 9.05. The van der Waals surface area contributed by atoms with Gasteiger partial charge in [0.15, 0.2) is 0 Å². The van der Waals surface area contributed by atoms with Crippen LogP contribution in [0.5, 0.6) is 0 Å². The van der Waals surface area contributed by atoms with Crippen LogP contribution in [0.1, 0.15) is 21.1 Å². The van der Waals surface area contributed by atoms with Gasteiger partial charge in [-0.15, -0.1) is 11.3 Å². The van der Waals surface area contributed by atoms with E-state index in [-0.39, 0.29) is 16.1 Å². The van der Waals surface area contributed by atoms with E-state index >= 15 is 0 Å². The molecule has 0 aromatic carbocycles. The van der Waals surface area contributed by atoms with Crippen molar-refractivity contribution in [3.8, 4) is 0 Å². The highest BCUT2D eigenvalue weighted by molar-refractivity contribution is 7.20. The van der Waals surface area contributed by atoms with Gasteiger partial charge in [-0.1, -0.05) is 0 Å². The minimum atomic E-state index is -1.13. The Labute approximate surface area is 111 Å². The van der Waals surface area contributed by atoms with E-state index in [1.165, 1.54) is 0 Å². The first-order valence-electron chi connectivity index (χ1n) is 5.35. The molecule has 0 atom stereocenters. The molecule has 1 amide bonds. The van der Waals surface area contributed by atoms with E-state index < -0.39 is 24.0 Å². The van der Waals surface area contributed by atoms with Crippen LogP contribution in [0.3, 0.4) is 0 Å². The van der Waals surface area contributed by atoms with E-state index in [9.17, 15) is 14.4 Å². The summed E-state index contributed by atoms with van der Waals surface area (Å²) in [6.45, 7) is 2.68. The van der Waals surface area contributed by atoms with Gasteiger partial charge in [0.25, 0.3) is 11.5 Å². The third-order valence-electron chi connectivity index (χ3n) is 2.76. The summed E-state index contributed by atoms with van der Waals surface area (Å²) in [6, 6.07) is 0. The third kappa shape index (κ3) is 2.10. The summed E-state index contributed by atoms with van der Waals surface area (Å²) >= 11 is 1.04. The fraction of sp³-hybridized carbons (Fsp3) is 0.273. The van der Waals surface area contributed by atoms with Crippen LogP contribution in [-0.2, 0) is 11.3 Å². The molecule has 0 saturated heterocycles. The van der Waals surface area contributed by atoms with E-state index in [0.29, 0.717) is 10.4 Å². The Bertz CT molecular complexity index is 759. The van der Waals surface area contributed by atoms with Gasteiger partial charge >= 0.3 is 5.97 Å². The molecule has 0 bridgehead atoms. The van der Waals surface area contributed by atoms with Crippen LogP contribution in [0.25, 0.3) is 10.2 Å². The Morgan fingerprint density at radius 2 is 2.05 bits per heavy atom. The van der Waals surface area contributed by atoms with Crippen molar-refractivity contribution in [3.05, 3.63) is 26.6 Å². The molecule has 0 radical (unpaired) electrons. The quantitative estimate of drug-likeness (QED) is 0.837. The molecule has 7 nitrogen and oxygen atoms in total. The zero-order valence-electron chi connectivity index (χ0n) is 10.3. The van der Waals surface area contributed by atoms with E-state index in [1.54, 1.807) is 13.8 Å². The average molecular weight is 281 g/mol. The first kappa shape index (κ1) is 13.2. The van der Waals surface area contributed by atoms with Crippen LogP contribution in [0.2, 0.25) is 0 Å². The second-order valence-electron chi connectivity index (χ2n) is 4.04. The number of fused-ring (bicyclic) bond motifs is 1. The molecule has 2 rings (SSSR count). The molecule has 0 aliphatic carbocycles. The molecular formula is C11H11N3O4S. The SMILES string of the molecule is Cc1c(C(N)=O)sc2nc(C)n(CC(=O)O)c(=O)c12. The van der Waals surface area contributed by atoms with Gasteiger partial charge in [-0.05, 0) is 19.4 Å². The largest absolute Gasteiger partial charge is 0.480 e. The van der Waals surface area contributed by atoms with Crippen LogP contribution in [0.4, 0.5) is 0 Å². The number of aromatic nitrogens is 2. The number of aryl methyl sites for hydroxylation is 2. The number of amides is 1. The topological polar surface area (TPSA) is 115 Å². The number of carboxylic acid groups (broad SMARTS) is 1. The molecular weight excluding hydrogens is 270 g/mol. The number of rotatable bonds is 3. The highest BCUT2D eigenvalue weighted by atomic mass is 32.1. The van der Waals surface area contributed by atoms with Gasteiger partial charge in [-0.2, -0.15) is 0 Å². The number of nitrogens with zero attached hydrogens (tertiary/aromatic N) is 2. The van der Waals surface area contributed by atoms with Crippen LogP contribution < -0.4 is 11.3 Å². The second-order valence-corrected chi connectivity index (χ2v) is 5.04. The summed E-state index contributed by atoms with van der Waals surface area (Å²) in [5.41, 5.74) is 5.21. The van der Waals surface area contributed by atoms with Crippen molar-refractivity contribution in [2.24, 2.45) is 5.73 Å². The minimum Gasteiger partial charge on any atom is -0.480 e. The van der Waals surface area contributed by atoms with Crippen molar-refractivity contribution in [3.63, 3.8) is 0 Å². The number of hydrogen-bond donors (Lipinski definition) is 2. The Hall–Kier alpha value is -2.22. The number of nitrogens with two attached hydrogens (primary N) is 1. The maximum absolute atomic E-state index is 12.3. The highest BCUT2D eigenvalue weighted by Crippen LogP contribution is 2.26. The van der Waals surface area contributed by atoms with Crippen LogP contribution >= 0.6 is 11.3 Å². The Morgan fingerprint density at radius 3 is 2.58 bits per heavy atom. The third-order valence-corrected chi connectivity index (χ3v) is 3.96. The van der Waals surface area contributed by atoms with Gasteiger partial charge in [0, 0.05) is 0 Å². The highest BCUT2D eigenvalue weighted by Gasteiger charge is 2.19. The Morgan fingerprint density at radius 1 is 1.42 bits per heavy atom. The fourth-order valence-corrected chi connectivity index (χ4v) is 2.94. The lowest BCUT2D eigenvalue weighted by Crippen LogP contribution is -2.27. The van der Waals surface area contributed by atoms with Crippen LogP contribution in [-0.4, -0.2) is 26.5 Å². The summed E-state index contributed by atoms with van der Waals surface area (Å²) in [7, 11) is 0. The van der Waals surface area contributed by atoms with Crippen molar-refractivity contribution in [1.29, 1.82) is 0 Å². The first-order valence-corrected chi connectivity index (χ1v) is 6.16. The maximum Gasteiger partial charge on any atom is 0.323 e. The summed E-state index contributed by atoms with van der Waals surface area (Å²) in [4.78, 5) is 39.1. The van der Waals surface area contributed by atoms with Gasteiger partial charge in [0.1, 0.15) is 17.2 Å². The lowest BCUT2D eigenvalue weighted by atomic mass is 10.2. The van der Waals surface area contributed by atoms with Crippen molar-refractivity contribution in [1.82, 2.24) is 9.55 Å². The molecule has 2 aromatic rings. The molecule has 100 valence electrons. The molecule has 2 aromatic heterocycles. The fourth-order valence-electron chi connectivity index (χ4n) is 1.87. The molecule has 2 heterocycles. The lowest BCUT2D eigenvalue weighted by Gasteiger charge is -2.06. The second kappa shape index (κ2) is 4.47. The molecule has 0 unspecified atom stereocenters. The molecule has 0 fully saturated rings. The molecule has 8 heteroatoms. The number of carboxylic acids is 1. The number of primary amides is 1. The Kier molecular flexibility index (Phi) is 3.11. The zero-order chi connectivity index (χ0) is 14.3. The number of carbonyl (C=O) groups excluding carboxylic acids is 1.